The highest BCUT2D eigenvalue weighted by molar-refractivity contribution is 5.77. The Morgan fingerprint density at radius 1 is 1.45 bits per heavy atom. The van der Waals surface area contributed by atoms with Crippen LogP contribution in [0.15, 0.2) is 6.07 Å². The number of amides is 1. The van der Waals surface area contributed by atoms with Crippen LogP contribution in [0.25, 0.3) is 0 Å². The second kappa shape index (κ2) is 5.56. The summed E-state index contributed by atoms with van der Waals surface area (Å²) in [5.74, 6) is 0.938. The normalized spacial score (nSPS) is 26.7. The van der Waals surface area contributed by atoms with Crippen LogP contribution >= 0.6 is 0 Å². The fourth-order valence-electron chi connectivity index (χ4n) is 3.52. The SMILES string of the molecule is CCc1cc(CN2C(=O)CCC3CNCCC32)n(C)n1. The van der Waals surface area contributed by atoms with Gasteiger partial charge < -0.3 is 10.2 Å². The number of rotatable bonds is 3. The van der Waals surface area contributed by atoms with Gasteiger partial charge in [0.05, 0.1) is 17.9 Å². The average Bonchev–Trinajstić information content (AvgIpc) is 2.82. The van der Waals surface area contributed by atoms with E-state index >= 15 is 0 Å². The smallest absolute Gasteiger partial charge is 0.223 e. The van der Waals surface area contributed by atoms with Gasteiger partial charge in [-0.2, -0.15) is 5.10 Å². The van der Waals surface area contributed by atoms with E-state index in [0.717, 1.165) is 43.7 Å². The van der Waals surface area contributed by atoms with E-state index in [1.54, 1.807) is 0 Å². The molecule has 0 radical (unpaired) electrons. The van der Waals surface area contributed by atoms with Gasteiger partial charge in [0.15, 0.2) is 0 Å². The highest BCUT2D eigenvalue weighted by Gasteiger charge is 2.37. The van der Waals surface area contributed by atoms with Crippen LogP contribution in [0.3, 0.4) is 0 Å². The largest absolute Gasteiger partial charge is 0.333 e. The maximum atomic E-state index is 12.3. The zero-order valence-corrected chi connectivity index (χ0v) is 12.4. The van der Waals surface area contributed by atoms with Crippen molar-refractivity contribution in [3.05, 3.63) is 17.5 Å². The van der Waals surface area contributed by atoms with Gasteiger partial charge in [0.25, 0.3) is 0 Å². The number of fused-ring (bicyclic) bond motifs is 1. The molecule has 1 amide bonds. The van der Waals surface area contributed by atoms with Crippen molar-refractivity contribution in [1.29, 1.82) is 0 Å². The van der Waals surface area contributed by atoms with Gasteiger partial charge in [-0.3, -0.25) is 9.48 Å². The summed E-state index contributed by atoms with van der Waals surface area (Å²) in [6.07, 6.45) is 3.76. The molecule has 0 aromatic carbocycles. The van der Waals surface area contributed by atoms with Gasteiger partial charge in [-0.15, -0.1) is 0 Å². The third-order valence-corrected chi connectivity index (χ3v) is 4.74. The highest BCUT2D eigenvalue weighted by Crippen LogP contribution is 2.29. The number of piperidine rings is 2. The Hall–Kier alpha value is -1.36. The van der Waals surface area contributed by atoms with E-state index in [0.29, 0.717) is 30.8 Å². The fourth-order valence-corrected chi connectivity index (χ4v) is 3.52. The molecule has 5 heteroatoms. The van der Waals surface area contributed by atoms with Crippen LogP contribution in [0.1, 0.15) is 37.6 Å². The van der Waals surface area contributed by atoms with Crippen molar-refractivity contribution in [2.45, 2.75) is 45.2 Å². The summed E-state index contributed by atoms with van der Waals surface area (Å²) in [7, 11) is 1.98. The number of likely N-dealkylation sites (tertiary alicyclic amines) is 1. The van der Waals surface area contributed by atoms with E-state index in [9.17, 15) is 4.79 Å². The van der Waals surface area contributed by atoms with Gasteiger partial charge in [0.2, 0.25) is 5.91 Å². The van der Waals surface area contributed by atoms with Crippen molar-refractivity contribution in [2.75, 3.05) is 13.1 Å². The van der Waals surface area contributed by atoms with Crippen molar-refractivity contribution >= 4 is 5.91 Å². The summed E-state index contributed by atoms with van der Waals surface area (Å²) in [6, 6.07) is 2.55. The molecular formula is C15H24N4O. The Kier molecular flexibility index (Phi) is 3.78. The summed E-state index contributed by atoms with van der Waals surface area (Å²) >= 11 is 0. The number of aromatic nitrogens is 2. The van der Waals surface area contributed by atoms with Gasteiger partial charge in [0.1, 0.15) is 0 Å². The van der Waals surface area contributed by atoms with Crippen LogP contribution in [0.4, 0.5) is 0 Å². The Labute approximate surface area is 120 Å². The van der Waals surface area contributed by atoms with Crippen LogP contribution < -0.4 is 5.32 Å². The lowest BCUT2D eigenvalue weighted by Gasteiger charge is -2.44. The first-order chi connectivity index (χ1) is 9.69. The first-order valence-corrected chi connectivity index (χ1v) is 7.71. The second-order valence-corrected chi connectivity index (χ2v) is 5.98. The zero-order valence-electron chi connectivity index (χ0n) is 12.4. The zero-order chi connectivity index (χ0) is 14.1. The van der Waals surface area contributed by atoms with Crippen LogP contribution in [-0.4, -0.2) is 39.7 Å². The molecule has 0 bridgehead atoms. The molecule has 1 aromatic heterocycles. The van der Waals surface area contributed by atoms with Crippen molar-refractivity contribution in [1.82, 2.24) is 20.0 Å². The van der Waals surface area contributed by atoms with E-state index in [1.165, 1.54) is 0 Å². The van der Waals surface area contributed by atoms with Crippen LogP contribution in [-0.2, 0) is 24.8 Å². The van der Waals surface area contributed by atoms with E-state index in [4.69, 9.17) is 0 Å². The number of carbonyl (C=O) groups is 1. The first kappa shape index (κ1) is 13.6. The molecule has 110 valence electrons. The minimum Gasteiger partial charge on any atom is -0.333 e. The maximum Gasteiger partial charge on any atom is 0.223 e. The minimum atomic E-state index is 0.312. The second-order valence-electron chi connectivity index (χ2n) is 5.98. The average molecular weight is 276 g/mol. The quantitative estimate of drug-likeness (QED) is 0.899. The number of nitrogens with zero attached hydrogens (tertiary/aromatic N) is 3. The molecule has 1 aromatic rings. The predicted molar refractivity (Wildman–Crippen MR) is 77.1 cm³/mol. The van der Waals surface area contributed by atoms with Gasteiger partial charge >= 0.3 is 0 Å². The van der Waals surface area contributed by atoms with Crippen LogP contribution in [0.5, 0.6) is 0 Å². The Morgan fingerprint density at radius 2 is 2.30 bits per heavy atom. The Bertz CT molecular complexity index is 496. The molecule has 20 heavy (non-hydrogen) atoms. The van der Waals surface area contributed by atoms with E-state index in [1.807, 2.05) is 11.7 Å². The lowest BCUT2D eigenvalue weighted by Crippen LogP contribution is -2.54. The lowest BCUT2D eigenvalue weighted by molar-refractivity contribution is -0.140. The fraction of sp³-hybridized carbons (Fsp3) is 0.733. The summed E-state index contributed by atoms with van der Waals surface area (Å²) in [5, 5.41) is 7.94. The molecule has 1 N–H and O–H groups in total. The summed E-state index contributed by atoms with van der Waals surface area (Å²) in [5.41, 5.74) is 2.25. The molecule has 2 fully saturated rings. The molecule has 2 atom stereocenters. The van der Waals surface area contributed by atoms with Crippen LogP contribution in [0, 0.1) is 5.92 Å². The van der Waals surface area contributed by atoms with Crippen molar-refractivity contribution in [3.8, 4) is 0 Å². The maximum absolute atomic E-state index is 12.3. The summed E-state index contributed by atoms with van der Waals surface area (Å²) in [6.45, 7) is 4.90. The predicted octanol–water partition coefficient (Wildman–Crippen LogP) is 1.08. The first-order valence-electron chi connectivity index (χ1n) is 7.71. The summed E-state index contributed by atoms with van der Waals surface area (Å²) < 4.78 is 1.93. The molecule has 2 aliphatic rings. The third-order valence-electron chi connectivity index (χ3n) is 4.74. The van der Waals surface area contributed by atoms with E-state index < -0.39 is 0 Å². The van der Waals surface area contributed by atoms with Crippen molar-refractivity contribution in [3.63, 3.8) is 0 Å². The molecule has 3 heterocycles. The number of hydrogen-bond acceptors (Lipinski definition) is 3. The summed E-state index contributed by atoms with van der Waals surface area (Å²) in [4.78, 5) is 14.4. The molecule has 2 aliphatic heterocycles. The van der Waals surface area contributed by atoms with Gasteiger partial charge in [0, 0.05) is 19.5 Å². The Balaban J connectivity index is 1.79. The molecule has 5 nitrogen and oxygen atoms in total. The minimum absolute atomic E-state index is 0.312. The molecular weight excluding hydrogens is 252 g/mol. The van der Waals surface area contributed by atoms with Gasteiger partial charge in [-0.05, 0) is 44.3 Å². The number of aryl methyl sites for hydroxylation is 2. The Morgan fingerprint density at radius 3 is 3.05 bits per heavy atom. The van der Waals surface area contributed by atoms with Gasteiger partial charge in [-0.25, -0.2) is 0 Å². The topological polar surface area (TPSA) is 50.2 Å². The number of hydrogen-bond donors (Lipinski definition) is 1. The molecule has 3 rings (SSSR count). The third kappa shape index (κ3) is 2.46. The monoisotopic (exact) mass is 276 g/mol. The van der Waals surface area contributed by atoms with E-state index in [-0.39, 0.29) is 0 Å². The molecule has 0 saturated carbocycles. The number of carbonyl (C=O) groups excluding carboxylic acids is 1. The van der Waals surface area contributed by atoms with Gasteiger partial charge in [-0.1, -0.05) is 6.92 Å². The van der Waals surface area contributed by atoms with Crippen molar-refractivity contribution < 1.29 is 4.79 Å². The highest BCUT2D eigenvalue weighted by atomic mass is 16.2. The molecule has 0 spiro atoms. The molecule has 0 aliphatic carbocycles. The van der Waals surface area contributed by atoms with Crippen LogP contribution in [0.2, 0.25) is 0 Å². The molecule has 2 unspecified atom stereocenters. The lowest BCUT2D eigenvalue weighted by atomic mass is 9.84. The molecule has 2 saturated heterocycles. The van der Waals surface area contributed by atoms with Crippen molar-refractivity contribution in [2.24, 2.45) is 13.0 Å². The number of nitrogens with one attached hydrogen (secondary N) is 1. The van der Waals surface area contributed by atoms with E-state index in [2.05, 4.69) is 28.3 Å². The standard InChI is InChI=1S/C15H24N4O/c1-3-12-8-13(18(2)17-12)10-19-14-6-7-16-9-11(14)4-5-15(19)20/h8,11,14,16H,3-7,9-10H2,1-2H3.